The van der Waals surface area contributed by atoms with E-state index in [0.29, 0.717) is 30.6 Å². The summed E-state index contributed by atoms with van der Waals surface area (Å²) >= 11 is 6.28. The lowest BCUT2D eigenvalue weighted by molar-refractivity contribution is -0.141. The third kappa shape index (κ3) is 5.46. The van der Waals surface area contributed by atoms with Crippen LogP contribution in [0.3, 0.4) is 0 Å². The highest BCUT2D eigenvalue weighted by atomic mass is 35.5. The lowest BCUT2D eigenvalue weighted by Gasteiger charge is -2.27. The number of aromatic nitrogens is 2. The van der Waals surface area contributed by atoms with Crippen molar-refractivity contribution < 1.29 is 9.59 Å². The molecular formula is C25H30ClN5O2. The summed E-state index contributed by atoms with van der Waals surface area (Å²) in [6.07, 6.45) is 5.17. The second-order valence-corrected chi connectivity index (χ2v) is 9.82. The maximum atomic E-state index is 13.1. The summed E-state index contributed by atoms with van der Waals surface area (Å²) in [5, 5.41) is 9.47. The average Bonchev–Trinajstić information content (AvgIpc) is 3.72. The molecule has 7 nitrogen and oxygen atoms in total. The first-order chi connectivity index (χ1) is 16.1. The van der Waals surface area contributed by atoms with E-state index in [9.17, 15) is 9.59 Å². The quantitative estimate of drug-likeness (QED) is 0.623. The maximum Gasteiger partial charge on any atom is 0.242 e. The van der Waals surface area contributed by atoms with Gasteiger partial charge in [0.25, 0.3) is 0 Å². The predicted octanol–water partition coefficient (Wildman–Crippen LogP) is 3.48. The lowest BCUT2D eigenvalue weighted by Crippen LogP contribution is -2.45. The zero-order valence-electron chi connectivity index (χ0n) is 18.8. The second kappa shape index (κ2) is 9.67. The highest BCUT2D eigenvalue weighted by molar-refractivity contribution is 6.33. The van der Waals surface area contributed by atoms with Crippen molar-refractivity contribution in [3.63, 3.8) is 0 Å². The molecule has 0 radical (unpaired) electrons. The number of nitrogens with zero attached hydrogens (tertiary/aromatic N) is 5. The molecule has 0 N–H and O–H groups in total. The minimum atomic E-state index is 0.0617. The molecule has 0 atom stereocenters. The van der Waals surface area contributed by atoms with Gasteiger partial charge in [0.05, 0.1) is 17.3 Å². The molecule has 8 heteroatoms. The van der Waals surface area contributed by atoms with E-state index in [0.717, 1.165) is 49.4 Å². The van der Waals surface area contributed by atoms with Crippen molar-refractivity contribution in [1.82, 2.24) is 20.0 Å². The van der Waals surface area contributed by atoms with Crippen LogP contribution in [0.2, 0.25) is 5.02 Å². The van der Waals surface area contributed by atoms with E-state index in [2.05, 4.69) is 15.1 Å². The van der Waals surface area contributed by atoms with E-state index < -0.39 is 0 Å². The number of hydrogen-bond donors (Lipinski definition) is 0. The van der Waals surface area contributed by atoms with Gasteiger partial charge in [-0.15, -0.1) is 10.2 Å². The molecule has 2 amide bonds. The van der Waals surface area contributed by atoms with Crippen LogP contribution in [0.15, 0.2) is 36.4 Å². The van der Waals surface area contributed by atoms with E-state index in [1.54, 1.807) is 0 Å². The molecule has 2 heterocycles. The van der Waals surface area contributed by atoms with Gasteiger partial charge in [0.2, 0.25) is 11.8 Å². The Hall–Kier alpha value is -2.67. The van der Waals surface area contributed by atoms with Crippen LogP contribution in [0.4, 0.5) is 5.82 Å². The van der Waals surface area contributed by atoms with Gasteiger partial charge in [-0.3, -0.25) is 9.59 Å². The van der Waals surface area contributed by atoms with Crippen molar-refractivity contribution in [2.45, 2.75) is 32.1 Å². The summed E-state index contributed by atoms with van der Waals surface area (Å²) in [7, 11) is 0. The second-order valence-electron chi connectivity index (χ2n) is 9.41. The minimum Gasteiger partial charge on any atom is -0.353 e. The van der Waals surface area contributed by atoms with Crippen LogP contribution in [0.25, 0.3) is 11.3 Å². The smallest absolute Gasteiger partial charge is 0.242 e. The van der Waals surface area contributed by atoms with Crippen molar-refractivity contribution in [2.75, 3.05) is 44.2 Å². The summed E-state index contributed by atoms with van der Waals surface area (Å²) < 4.78 is 0. The minimum absolute atomic E-state index is 0.0617. The number of amides is 2. The topological polar surface area (TPSA) is 69.6 Å². The number of hydrogen-bond acceptors (Lipinski definition) is 5. The molecule has 1 aromatic heterocycles. The Kier molecular flexibility index (Phi) is 6.49. The molecular weight excluding hydrogens is 438 g/mol. The number of rotatable bonds is 7. The van der Waals surface area contributed by atoms with Gasteiger partial charge in [0.1, 0.15) is 0 Å². The number of carbonyl (C=O) groups excluding carboxylic acids is 2. The molecule has 0 unspecified atom stereocenters. The largest absolute Gasteiger partial charge is 0.353 e. The van der Waals surface area contributed by atoms with Gasteiger partial charge in [0.15, 0.2) is 5.82 Å². The molecule has 1 aliphatic heterocycles. The fourth-order valence-electron chi connectivity index (χ4n) is 4.40. The standard InChI is InChI=1S/C25H30ClN5O2/c26-21-5-2-1-4-20(21)22-10-11-23(28-27-22)29-12-3-13-30(15-14-29)24(32)17-31(16-18-6-7-18)25(33)19-8-9-19/h1-2,4-5,10-11,18-19H,3,6-9,12-17H2. The monoisotopic (exact) mass is 467 g/mol. The molecule has 174 valence electrons. The van der Waals surface area contributed by atoms with Crippen molar-refractivity contribution in [1.29, 1.82) is 0 Å². The zero-order chi connectivity index (χ0) is 22.8. The van der Waals surface area contributed by atoms with Gasteiger partial charge in [-0.2, -0.15) is 0 Å². The van der Waals surface area contributed by atoms with Crippen molar-refractivity contribution >= 4 is 29.2 Å². The van der Waals surface area contributed by atoms with Crippen molar-refractivity contribution in [2.24, 2.45) is 11.8 Å². The molecule has 3 fully saturated rings. The van der Waals surface area contributed by atoms with Gasteiger partial charge >= 0.3 is 0 Å². The van der Waals surface area contributed by atoms with E-state index in [1.165, 1.54) is 12.8 Å². The number of halogens is 1. The summed E-state index contributed by atoms with van der Waals surface area (Å²) in [5.41, 5.74) is 1.61. The fraction of sp³-hybridized carbons (Fsp3) is 0.520. The molecule has 2 aliphatic carbocycles. The predicted molar refractivity (Wildman–Crippen MR) is 128 cm³/mol. The van der Waals surface area contributed by atoms with Crippen LogP contribution < -0.4 is 4.90 Å². The highest BCUT2D eigenvalue weighted by Gasteiger charge is 2.37. The van der Waals surface area contributed by atoms with Gasteiger partial charge in [-0.25, -0.2) is 0 Å². The maximum absolute atomic E-state index is 13.1. The Morgan fingerprint density at radius 2 is 1.79 bits per heavy atom. The molecule has 3 aliphatic rings. The van der Waals surface area contributed by atoms with E-state index >= 15 is 0 Å². The van der Waals surface area contributed by atoms with E-state index in [-0.39, 0.29) is 24.3 Å². The highest BCUT2D eigenvalue weighted by Crippen LogP contribution is 2.34. The first kappa shape index (κ1) is 22.1. The molecule has 5 rings (SSSR count). The Morgan fingerprint density at radius 1 is 0.970 bits per heavy atom. The number of benzene rings is 1. The number of carbonyl (C=O) groups is 2. The van der Waals surface area contributed by atoms with Crippen LogP contribution in [-0.4, -0.2) is 71.1 Å². The Balaban J connectivity index is 1.19. The van der Waals surface area contributed by atoms with Crippen LogP contribution >= 0.6 is 11.6 Å². The van der Waals surface area contributed by atoms with Gasteiger partial charge in [-0.1, -0.05) is 29.8 Å². The van der Waals surface area contributed by atoms with Crippen LogP contribution in [0.1, 0.15) is 32.1 Å². The molecule has 1 saturated heterocycles. The Labute approximate surface area is 199 Å². The number of anilines is 1. The first-order valence-corrected chi connectivity index (χ1v) is 12.4. The summed E-state index contributed by atoms with van der Waals surface area (Å²) in [5.74, 6) is 1.79. The van der Waals surface area contributed by atoms with E-state index in [1.807, 2.05) is 46.2 Å². The molecule has 2 aromatic rings. The molecule has 0 spiro atoms. The zero-order valence-corrected chi connectivity index (χ0v) is 19.6. The van der Waals surface area contributed by atoms with Crippen molar-refractivity contribution in [3.8, 4) is 11.3 Å². The SMILES string of the molecule is O=C(CN(CC1CC1)C(=O)C1CC1)N1CCCN(c2ccc(-c3ccccc3Cl)nn2)CC1. The molecule has 33 heavy (non-hydrogen) atoms. The Morgan fingerprint density at radius 3 is 2.48 bits per heavy atom. The third-order valence-corrected chi connectivity index (χ3v) is 7.04. The third-order valence-electron chi connectivity index (χ3n) is 6.71. The van der Waals surface area contributed by atoms with Crippen molar-refractivity contribution in [3.05, 3.63) is 41.4 Å². The first-order valence-electron chi connectivity index (χ1n) is 12.0. The van der Waals surface area contributed by atoms with Gasteiger partial charge in [0, 0.05) is 44.2 Å². The van der Waals surface area contributed by atoms with Crippen LogP contribution in [-0.2, 0) is 9.59 Å². The fourth-order valence-corrected chi connectivity index (χ4v) is 4.63. The molecule has 0 bridgehead atoms. The van der Waals surface area contributed by atoms with E-state index in [4.69, 9.17) is 11.6 Å². The lowest BCUT2D eigenvalue weighted by atomic mass is 10.1. The normalized spacial score (nSPS) is 18.7. The molecule has 2 saturated carbocycles. The Bertz CT molecular complexity index is 1010. The molecule has 1 aromatic carbocycles. The average molecular weight is 468 g/mol. The van der Waals surface area contributed by atoms with Crippen LogP contribution in [0.5, 0.6) is 0 Å². The van der Waals surface area contributed by atoms with Gasteiger partial charge in [-0.05, 0) is 56.2 Å². The van der Waals surface area contributed by atoms with Crippen LogP contribution in [0, 0.1) is 11.8 Å². The summed E-state index contributed by atoms with van der Waals surface area (Å²) in [6.45, 7) is 3.81. The summed E-state index contributed by atoms with van der Waals surface area (Å²) in [6, 6.07) is 11.5. The summed E-state index contributed by atoms with van der Waals surface area (Å²) in [4.78, 5) is 31.6. The van der Waals surface area contributed by atoms with Gasteiger partial charge < -0.3 is 14.7 Å².